The van der Waals surface area contributed by atoms with Crippen LogP contribution in [0.5, 0.6) is 0 Å². The Morgan fingerprint density at radius 1 is 1.03 bits per heavy atom. The van der Waals surface area contributed by atoms with E-state index in [1.165, 1.54) is 35.0 Å². The number of pyridine rings is 1. The van der Waals surface area contributed by atoms with E-state index in [2.05, 4.69) is 10.3 Å². The second kappa shape index (κ2) is 8.53. The lowest BCUT2D eigenvalue weighted by molar-refractivity contribution is -0.116. The van der Waals surface area contributed by atoms with Gasteiger partial charge < -0.3 is 5.32 Å². The van der Waals surface area contributed by atoms with E-state index in [-0.39, 0.29) is 24.1 Å². The van der Waals surface area contributed by atoms with Gasteiger partial charge >= 0.3 is 5.69 Å². The summed E-state index contributed by atoms with van der Waals surface area (Å²) in [5, 5.41) is 3.14. The van der Waals surface area contributed by atoms with Gasteiger partial charge in [-0.1, -0.05) is 29.8 Å². The molecule has 7 nitrogen and oxygen atoms in total. The molecule has 0 spiro atoms. The van der Waals surface area contributed by atoms with Crippen LogP contribution in [0.2, 0.25) is 5.02 Å². The first-order chi connectivity index (χ1) is 14.9. The van der Waals surface area contributed by atoms with Crippen LogP contribution < -0.4 is 16.6 Å². The average molecular weight is 439 g/mol. The molecule has 4 rings (SSSR count). The van der Waals surface area contributed by atoms with Gasteiger partial charge in [0.2, 0.25) is 5.91 Å². The highest BCUT2D eigenvalue weighted by Crippen LogP contribution is 2.15. The molecule has 0 unspecified atom stereocenters. The fraction of sp³-hybridized carbons (Fsp3) is 0.0909. The maximum absolute atomic E-state index is 13.2. The number of nitrogens with one attached hydrogen (secondary N) is 1. The maximum Gasteiger partial charge on any atom is 0.332 e. The smallest absolute Gasteiger partial charge is 0.324 e. The lowest BCUT2D eigenvalue weighted by Crippen LogP contribution is -2.42. The maximum atomic E-state index is 13.2. The molecular weight excluding hydrogens is 423 g/mol. The van der Waals surface area contributed by atoms with Crippen LogP contribution in [-0.2, 0) is 17.9 Å². The molecule has 2 aromatic heterocycles. The molecule has 0 aliphatic carbocycles. The third kappa shape index (κ3) is 4.39. The summed E-state index contributed by atoms with van der Waals surface area (Å²) in [5.41, 5.74) is 0.0831. The van der Waals surface area contributed by atoms with Crippen LogP contribution in [0.25, 0.3) is 11.0 Å². The molecular formula is C22H16ClFN4O3. The van der Waals surface area contributed by atoms with Crippen molar-refractivity contribution in [1.82, 2.24) is 14.1 Å². The number of amides is 1. The minimum Gasteiger partial charge on any atom is -0.324 e. The van der Waals surface area contributed by atoms with Gasteiger partial charge in [-0.3, -0.25) is 18.7 Å². The number of hydrogen-bond donors (Lipinski definition) is 1. The predicted molar refractivity (Wildman–Crippen MR) is 116 cm³/mol. The van der Waals surface area contributed by atoms with Gasteiger partial charge in [-0.15, -0.1) is 0 Å². The zero-order valence-electron chi connectivity index (χ0n) is 16.1. The highest BCUT2D eigenvalue weighted by atomic mass is 35.5. The van der Waals surface area contributed by atoms with Gasteiger partial charge in [-0.05, 0) is 48.0 Å². The average Bonchev–Trinajstić information content (AvgIpc) is 2.75. The Kier molecular flexibility index (Phi) is 5.64. The number of fused-ring (bicyclic) bond motifs is 1. The van der Waals surface area contributed by atoms with Crippen LogP contribution >= 0.6 is 11.6 Å². The monoisotopic (exact) mass is 438 g/mol. The summed E-state index contributed by atoms with van der Waals surface area (Å²) >= 11 is 5.94. The molecule has 0 aliphatic rings. The van der Waals surface area contributed by atoms with Crippen molar-refractivity contribution >= 4 is 34.2 Å². The molecule has 0 saturated carbocycles. The van der Waals surface area contributed by atoms with Crippen molar-refractivity contribution in [1.29, 1.82) is 0 Å². The second-order valence-electron chi connectivity index (χ2n) is 6.82. The molecule has 0 aliphatic heterocycles. The van der Waals surface area contributed by atoms with Crippen molar-refractivity contribution in [3.05, 3.63) is 104 Å². The molecule has 156 valence electrons. The van der Waals surface area contributed by atoms with E-state index < -0.39 is 23.0 Å². The molecule has 31 heavy (non-hydrogen) atoms. The van der Waals surface area contributed by atoms with Crippen molar-refractivity contribution in [3.8, 4) is 0 Å². The van der Waals surface area contributed by atoms with Crippen molar-refractivity contribution < 1.29 is 9.18 Å². The molecule has 1 N–H and O–H groups in total. The summed E-state index contributed by atoms with van der Waals surface area (Å²) in [4.78, 5) is 42.7. The number of carbonyl (C=O) groups excluding carboxylic acids is 1. The Hall–Kier alpha value is -3.78. The van der Waals surface area contributed by atoms with Gasteiger partial charge in [0.25, 0.3) is 5.56 Å². The fourth-order valence-electron chi connectivity index (χ4n) is 3.22. The van der Waals surface area contributed by atoms with E-state index in [4.69, 9.17) is 11.6 Å². The Bertz CT molecular complexity index is 1400. The summed E-state index contributed by atoms with van der Waals surface area (Å²) in [7, 11) is 0. The van der Waals surface area contributed by atoms with E-state index in [0.717, 1.165) is 4.57 Å². The molecule has 0 bridgehead atoms. The standard InChI is InChI=1S/C22H16ClFN4O3/c23-15-3-1-4-17(11-15)26-19(29)13-27-18-5-2-10-25-20(18)21(30)28(22(27)31)12-14-6-8-16(24)9-7-14/h1-11H,12-13H2,(H,26,29). The molecule has 2 heterocycles. The summed E-state index contributed by atoms with van der Waals surface area (Å²) in [6, 6.07) is 15.2. The highest BCUT2D eigenvalue weighted by molar-refractivity contribution is 6.30. The molecule has 1 amide bonds. The number of halogens is 2. The first-order valence-corrected chi connectivity index (χ1v) is 9.68. The Labute approximate surface area is 180 Å². The number of rotatable bonds is 5. The summed E-state index contributed by atoms with van der Waals surface area (Å²) in [6.45, 7) is -0.419. The largest absolute Gasteiger partial charge is 0.332 e. The highest BCUT2D eigenvalue weighted by Gasteiger charge is 2.16. The normalized spacial score (nSPS) is 10.9. The van der Waals surface area contributed by atoms with Gasteiger partial charge in [-0.25, -0.2) is 14.2 Å². The Morgan fingerprint density at radius 3 is 2.55 bits per heavy atom. The Morgan fingerprint density at radius 2 is 1.81 bits per heavy atom. The number of aromatic nitrogens is 3. The predicted octanol–water partition coefficient (Wildman–Crippen LogP) is 3.04. The fourth-order valence-corrected chi connectivity index (χ4v) is 3.41. The number of carbonyl (C=O) groups is 1. The minimum absolute atomic E-state index is 0.0553. The van der Waals surface area contributed by atoms with Crippen molar-refractivity contribution in [2.45, 2.75) is 13.1 Å². The van der Waals surface area contributed by atoms with E-state index in [1.807, 2.05) is 0 Å². The molecule has 2 aromatic carbocycles. The van der Waals surface area contributed by atoms with E-state index in [1.54, 1.807) is 36.4 Å². The lowest BCUT2D eigenvalue weighted by Gasteiger charge is -2.14. The molecule has 0 atom stereocenters. The van der Waals surface area contributed by atoms with Crippen molar-refractivity contribution in [2.75, 3.05) is 5.32 Å². The molecule has 4 aromatic rings. The molecule has 0 fully saturated rings. The van der Waals surface area contributed by atoms with Crippen LogP contribution in [0, 0.1) is 5.82 Å². The van der Waals surface area contributed by atoms with Gasteiger partial charge in [-0.2, -0.15) is 0 Å². The number of hydrogen-bond acceptors (Lipinski definition) is 4. The van der Waals surface area contributed by atoms with Gasteiger partial charge in [0.1, 0.15) is 12.4 Å². The quantitative estimate of drug-likeness (QED) is 0.519. The van der Waals surface area contributed by atoms with Crippen LogP contribution in [0.15, 0.2) is 76.4 Å². The zero-order valence-corrected chi connectivity index (χ0v) is 16.8. The first-order valence-electron chi connectivity index (χ1n) is 9.30. The topological polar surface area (TPSA) is 86.0 Å². The van der Waals surface area contributed by atoms with E-state index in [0.29, 0.717) is 16.3 Å². The number of anilines is 1. The van der Waals surface area contributed by atoms with Gasteiger partial charge in [0.15, 0.2) is 5.52 Å². The number of benzene rings is 2. The lowest BCUT2D eigenvalue weighted by atomic mass is 10.2. The van der Waals surface area contributed by atoms with Crippen molar-refractivity contribution in [3.63, 3.8) is 0 Å². The number of nitrogens with zero attached hydrogens (tertiary/aromatic N) is 3. The van der Waals surface area contributed by atoms with Crippen LogP contribution in [0.1, 0.15) is 5.56 Å². The molecule has 0 saturated heterocycles. The molecule has 0 radical (unpaired) electrons. The minimum atomic E-state index is -0.670. The first kappa shape index (κ1) is 20.5. The summed E-state index contributed by atoms with van der Waals surface area (Å²) < 4.78 is 15.4. The van der Waals surface area contributed by atoms with E-state index in [9.17, 15) is 18.8 Å². The third-order valence-corrected chi connectivity index (χ3v) is 4.89. The summed E-state index contributed by atoms with van der Waals surface area (Å²) in [5.74, 6) is -0.895. The van der Waals surface area contributed by atoms with Crippen molar-refractivity contribution in [2.24, 2.45) is 0 Å². The third-order valence-electron chi connectivity index (χ3n) is 4.65. The van der Waals surface area contributed by atoms with E-state index >= 15 is 0 Å². The zero-order chi connectivity index (χ0) is 22.0. The SMILES string of the molecule is O=C(Cn1c(=O)n(Cc2ccc(F)cc2)c(=O)c2ncccc21)Nc1cccc(Cl)c1. The Balaban J connectivity index is 1.75. The van der Waals surface area contributed by atoms with Crippen LogP contribution in [0.3, 0.4) is 0 Å². The van der Waals surface area contributed by atoms with Crippen LogP contribution in [-0.4, -0.2) is 20.0 Å². The summed E-state index contributed by atoms with van der Waals surface area (Å²) in [6.07, 6.45) is 1.44. The van der Waals surface area contributed by atoms with Crippen LogP contribution in [0.4, 0.5) is 10.1 Å². The molecule has 9 heteroatoms. The van der Waals surface area contributed by atoms with Gasteiger partial charge in [0, 0.05) is 16.9 Å². The second-order valence-corrected chi connectivity index (χ2v) is 7.25. The van der Waals surface area contributed by atoms with Gasteiger partial charge in [0.05, 0.1) is 12.1 Å².